The summed E-state index contributed by atoms with van der Waals surface area (Å²) in [6.07, 6.45) is 2.70. The molecule has 0 spiro atoms. The molecule has 1 atom stereocenters. The lowest BCUT2D eigenvalue weighted by atomic mass is 10.1. The number of nitrogens with one attached hydrogen (secondary N) is 1. The van der Waals surface area contributed by atoms with Gasteiger partial charge >= 0.3 is 0 Å². The van der Waals surface area contributed by atoms with Gasteiger partial charge in [-0.1, -0.05) is 35.9 Å². The van der Waals surface area contributed by atoms with E-state index in [-0.39, 0.29) is 18.2 Å². The predicted molar refractivity (Wildman–Crippen MR) is 140 cm³/mol. The van der Waals surface area contributed by atoms with E-state index in [9.17, 15) is 9.90 Å². The number of β-amino-alcohol motifs (C(OH)–C–C–N with tert-alkyl or cyclic N) is 1. The molecule has 3 N–H and O–H groups in total. The second-order valence-corrected chi connectivity index (χ2v) is 9.18. The van der Waals surface area contributed by atoms with Gasteiger partial charge in [-0.25, -0.2) is 9.50 Å². The highest BCUT2D eigenvalue weighted by molar-refractivity contribution is 6.30. The monoisotopic (exact) mass is 506 g/mol. The molecule has 1 aliphatic rings. The van der Waals surface area contributed by atoms with E-state index in [1.165, 1.54) is 0 Å². The summed E-state index contributed by atoms with van der Waals surface area (Å²) in [5, 5.41) is 26.8. The number of piperazine rings is 1. The maximum atomic E-state index is 13.2. The molecule has 36 heavy (non-hydrogen) atoms. The molecule has 4 aromatic rings. The number of hydrogen-bond donors (Lipinski definition) is 3. The van der Waals surface area contributed by atoms with Crippen LogP contribution in [0.25, 0.3) is 16.8 Å². The third-order valence-electron chi connectivity index (χ3n) is 6.28. The van der Waals surface area contributed by atoms with Crippen LogP contribution < -0.4 is 10.2 Å². The van der Waals surface area contributed by atoms with Gasteiger partial charge in [-0.2, -0.15) is 5.10 Å². The standard InChI is InChI=1S/C26H27ClN6O3/c27-19-5-3-4-18(14-19)21-15-28-33-9-8-23(29-25(21)33)26(36)30-22-6-1-2-7-24(22)32-12-10-31(11-13-32)16-20(35)17-34/h1-9,14-15,20,34-35H,10-13,16-17H2,(H,30,36). The number of aliphatic hydroxyl groups is 2. The van der Waals surface area contributed by atoms with E-state index in [0.29, 0.717) is 22.9 Å². The molecule has 1 unspecified atom stereocenters. The highest BCUT2D eigenvalue weighted by Gasteiger charge is 2.22. The van der Waals surface area contributed by atoms with Gasteiger partial charge in [-0.05, 0) is 35.9 Å². The van der Waals surface area contributed by atoms with Crippen molar-refractivity contribution in [3.8, 4) is 11.1 Å². The zero-order chi connectivity index (χ0) is 25.1. The van der Waals surface area contributed by atoms with Gasteiger partial charge in [0.05, 0.1) is 30.3 Å². The van der Waals surface area contributed by atoms with Crippen molar-refractivity contribution in [3.63, 3.8) is 0 Å². The highest BCUT2D eigenvalue weighted by atomic mass is 35.5. The molecule has 0 saturated carbocycles. The summed E-state index contributed by atoms with van der Waals surface area (Å²) in [5.41, 5.74) is 4.15. The average molecular weight is 507 g/mol. The first kappa shape index (κ1) is 24.2. The molecule has 1 aliphatic heterocycles. The van der Waals surface area contributed by atoms with E-state index in [1.54, 1.807) is 29.0 Å². The molecule has 10 heteroatoms. The molecule has 1 fully saturated rings. The molecule has 2 aromatic carbocycles. The summed E-state index contributed by atoms with van der Waals surface area (Å²) in [7, 11) is 0. The van der Waals surface area contributed by atoms with Crippen molar-refractivity contribution >= 4 is 34.5 Å². The second-order valence-electron chi connectivity index (χ2n) is 8.74. The molecule has 0 radical (unpaired) electrons. The van der Waals surface area contributed by atoms with Crippen LogP contribution in [-0.4, -0.2) is 81.1 Å². The number of carbonyl (C=O) groups excluding carboxylic acids is 1. The van der Waals surface area contributed by atoms with Crippen molar-refractivity contribution in [1.82, 2.24) is 19.5 Å². The van der Waals surface area contributed by atoms with Crippen LogP contribution in [0, 0.1) is 0 Å². The van der Waals surface area contributed by atoms with Gasteiger partial charge in [0.1, 0.15) is 5.69 Å². The quantitative estimate of drug-likeness (QED) is 0.354. The van der Waals surface area contributed by atoms with Crippen molar-refractivity contribution in [2.75, 3.05) is 49.5 Å². The normalized spacial score (nSPS) is 15.2. The van der Waals surface area contributed by atoms with Crippen molar-refractivity contribution < 1.29 is 15.0 Å². The summed E-state index contributed by atoms with van der Waals surface area (Å²) >= 11 is 6.16. The first-order valence-corrected chi connectivity index (χ1v) is 12.2. The van der Waals surface area contributed by atoms with Crippen LogP contribution in [0.2, 0.25) is 5.02 Å². The number of aliphatic hydroxyl groups excluding tert-OH is 2. The van der Waals surface area contributed by atoms with Gasteiger partial charge in [-0.3, -0.25) is 9.69 Å². The molecule has 5 rings (SSSR count). The Morgan fingerprint density at radius 1 is 1.08 bits per heavy atom. The lowest BCUT2D eigenvalue weighted by Gasteiger charge is -2.37. The predicted octanol–water partition coefficient (Wildman–Crippen LogP) is 2.78. The maximum Gasteiger partial charge on any atom is 0.274 e. The number of amides is 1. The topological polar surface area (TPSA) is 106 Å². The van der Waals surface area contributed by atoms with Gasteiger partial charge in [0.15, 0.2) is 5.65 Å². The number of hydrogen-bond acceptors (Lipinski definition) is 7. The number of nitrogens with zero attached hydrogens (tertiary/aromatic N) is 5. The number of aromatic nitrogens is 3. The van der Waals surface area contributed by atoms with E-state index < -0.39 is 6.10 Å². The Labute approximate surface area is 213 Å². The highest BCUT2D eigenvalue weighted by Crippen LogP contribution is 2.28. The van der Waals surface area contributed by atoms with Gasteiger partial charge < -0.3 is 20.4 Å². The molecular weight excluding hydrogens is 480 g/mol. The number of para-hydroxylation sites is 2. The van der Waals surface area contributed by atoms with Crippen LogP contribution in [0.4, 0.5) is 11.4 Å². The van der Waals surface area contributed by atoms with Gasteiger partial charge in [-0.15, -0.1) is 0 Å². The Hall–Kier alpha value is -3.50. The summed E-state index contributed by atoms with van der Waals surface area (Å²) in [5.74, 6) is -0.312. The van der Waals surface area contributed by atoms with Gasteiger partial charge in [0.2, 0.25) is 0 Å². The number of fused-ring (bicyclic) bond motifs is 1. The SMILES string of the molecule is O=C(Nc1ccccc1N1CCN(CC(O)CO)CC1)c1ccn2ncc(-c3cccc(Cl)c3)c2n1. The maximum absolute atomic E-state index is 13.2. The molecule has 2 aromatic heterocycles. The molecule has 9 nitrogen and oxygen atoms in total. The van der Waals surface area contributed by atoms with Crippen molar-refractivity contribution in [1.29, 1.82) is 0 Å². The summed E-state index contributed by atoms with van der Waals surface area (Å²) in [4.78, 5) is 22.2. The fourth-order valence-corrected chi connectivity index (χ4v) is 4.61. The number of benzene rings is 2. The lowest BCUT2D eigenvalue weighted by Crippen LogP contribution is -2.49. The van der Waals surface area contributed by atoms with Gasteiger partial charge in [0, 0.05) is 49.5 Å². The number of rotatable bonds is 7. The third kappa shape index (κ3) is 5.19. The zero-order valence-electron chi connectivity index (χ0n) is 19.6. The van der Waals surface area contributed by atoms with E-state index in [0.717, 1.165) is 43.0 Å². The summed E-state index contributed by atoms with van der Waals surface area (Å²) < 4.78 is 1.63. The second kappa shape index (κ2) is 10.6. The Kier molecular flexibility index (Phi) is 7.15. The first-order valence-electron chi connectivity index (χ1n) is 11.8. The molecule has 1 saturated heterocycles. The van der Waals surface area contributed by atoms with Crippen LogP contribution in [-0.2, 0) is 0 Å². The zero-order valence-corrected chi connectivity index (χ0v) is 20.3. The van der Waals surface area contributed by atoms with Crippen molar-refractivity contribution in [2.24, 2.45) is 0 Å². The number of anilines is 2. The van der Waals surface area contributed by atoms with Crippen LogP contribution in [0.5, 0.6) is 0 Å². The molecule has 0 bridgehead atoms. The summed E-state index contributed by atoms with van der Waals surface area (Å²) in [6.45, 7) is 3.20. The number of halogens is 1. The Balaban J connectivity index is 1.34. The average Bonchev–Trinajstić information content (AvgIpc) is 3.33. The fraction of sp³-hybridized carbons (Fsp3) is 0.269. The molecule has 3 heterocycles. The largest absolute Gasteiger partial charge is 0.394 e. The third-order valence-corrected chi connectivity index (χ3v) is 6.52. The van der Waals surface area contributed by atoms with Gasteiger partial charge in [0.25, 0.3) is 5.91 Å². The minimum atomic E-state index is -0.733. The minimum absolute atomic E-state index is 0.241. The van der Waals surface area contributed by atoms with Crippen molar-refractivity contribution in [3.05, 3.63) is 77.7 Å². The Bertz CT molecular complexity index is 1370. The first-order chi connectivity index (χ1) is 17.5. The minimum Gasteiger partial charge on any atom is -0.394 e. The number of carbonyl (C=O) groups is 1. The molecular formula is C26H27ClN6O3. The lowest BCUT2D eigenvalue weighted by molar-refractivity contribution is 0.0575. The van der Waals surface area contributed by atoms with Crippen LogP contribution in [0.15, 0.2) is 67.0 Å². The molecule has 0 aliphatic carbocycles. The Morgan fingerprint density at radius 3 is 2.67 bits per heavy atom. The van der Waals surface area contributed by atoms with Crippen LogP contribution >= 0.6 is 11.6 Å². The van der Waals surface area contributed by atoms with E-state index in [4.69, 9.17) is 16.7 Å². The van der Waals surface area contributed by atoms with Crippen molar-refractivity contribution in [2.45, 2.75) is 6.10 Å². The Morgan fingerprint density at radius 2 is 1.89 bits per heavy atom. The van der Waals surface area contributed by atoms with E-state index >= 15 is 0 Å². The van der Waals surface area contributed by atoms with E-state index in [2.05, 4.69) is 25.2 Å². The molecule has 1 amide bonds. The molecule has 186 valence electrons. The van der Waals surface area contributed by atoms with Crippen LogP contribution in [0.1, 0.15) is 10.5 Å². The fourth-order valence-electron chi connectivity index (χ4n) is 4.42. The summed E-state index contributed by atoms with van der Waals surface area (Å²) in [6, 6.07) is 16.8. The van der Waals surface area contributed by atoms with E-state index in [1.807, 2.05) is 42.5 Å². The van der Waals surface area contributed by atoms with Crippen LogP contribution in [0.3, 0.4) is 0 Å². The smallest absolute Gasteiger partial charge is 0.274 e.